The molecule has 1 N–H and O–H groups in total. The first kappa shape index (κ1) is 15.7. The van der Waals surface area contributed by atoms with Gasteiger partial charge in [0.1, 0.15) is 23.2 Å². The lowest BCUT2D eigenvalue weighted by Gasteiger charge is -2.17. The maximum Gasteiger partial charge on any atom is 0.147 e. The van der Waals surface area contributed by atoms with E-state index in [4.69, 9.17) is 4.74 Å². The number of methoxy groups -OCH3 is 1. The number of ether oxygens (including phenoxy) is 1. The van der Waals surface area contributed by atoms with Crippen LogP contribution in [0.2, 0.25) is 0 Å². The number of halogens is 4. The standard InChI is InChI=1S/C15H13BrF3NO/c1-8(10-4-3-9(21-2)5-12(10)17)20-15-7-13(18)11(16)6-14(15)19/h3-8,20H,1-2H3. The number of rotatable bonds is 4. The van der Waals surface area contributed by atoms with Gasteiger partial charge in [0, 0.05) is 17.7 Å². The van der Waals surface area contributed by atoms with Gasteiger partial charge in [-0.2, -0.15) is 0 Å². The Morgan fingerprint density at radius 3 is 2.38 bits per heavy atom. The van der Waals surface area contributed by atoms with Gasteiger partial charge in [0.25, 0.3) is 0 Å². The van der Waals surface area contributed by atoms with Gasteiger partial charge in [0.2, 0.25) is 0 Å². The molecule has 0 aliphatic carbocycles. The molecule has 0 aromatic heterocycles. The molecule has 2 rings (SSSR count). The molecule has 0 saturated heterocycles. The summed E-state index contributed by atoms with van der Waals surface area (Å²) in [6.07, 6.45) is 0. The van der Waals surface area contributed by atoms with Crippen LogP contribution in [0.4, 0.5) is 18.9 Å². The summed E-state index contributed by atoms with van der Waals surface area (Å²) in [6.45, 7) is 1.66. The molecule has 0 fully saturated rings. The molecule has 21 heavy (non-hydrogen) atoms. The second-order valence-corrected chi connectivity index (χ2v) is 5.35. The molecule has 0 amide bonds. The highest BCUT2D eigenvalue weighted by atomic mass is 79.9. The monoisotopic (exact) mass is 359 g/mol. The van der Waals surface area contributed by atoms with Gasteiger partial charge in [-0.05, 0) is 35.0 Å². The second-order valence-electron chi connectivity index (χ2n) is 4.50. The van der Waals surface area contributed by atoms with Crippen molar-refractivity contribution in [3.8, 4) is 5.75 Å². The van der Waals surface area contributed by atoms with Gasteiger partial charge < -0.3 is 10.1 Å². The van der Waals surface area contributed by atoms with E-state index in [2.05, 4.69) is 21.2 Å². The molecule has 2 aromatic rings. The number of anilines is 1. The van der Waals surface area contributed by atoms with Crippen LogP contribution < -0.4 is 10.1 Å². The molecule has 1 unspecified atom stereocenters. The van der Waals surface area contributed by atoms with Crippen molar-refractivity contribution >= 4 is 21.6 Å². The highest BCUT2D eigenvalue weighted by molar-refractivity contribution is 9.10. The predicted molar refractivity (Wildman–Crippen MR) is 79.0 cm³/mol. The first-order valence-electron chi connectivity index (χ1n) is 6.17. The molecule has 112 valence electrons. The molecule has 1 atom stereocenters. The first-order valence-corrected chi connectivity index (χ1v) is 6.96. The quantitative estimate of drug-likeness (QED) is 0.771. The van der Waals surface area contributed by atoms with Crippen LogP contribution in [0.3, 0.4) is 0 Å². The molecule has 6 heteroatoms. The van der Waals surface area contributed by atoms with Crippen LogP contribution in [0, 0.1) is 17.5 Å². The SMILES string of the molecule is COc1ccc(C(C)Nc2cc(F)c(Br)cc2F)c(F)c1. The Labute approximate surface area is 129 Å². The van der Waals surface area contributed by atoms with Gasteiger partial charge in [0.15, 0.2) is 0 Å². The van der Waals surface area contributed by atoms with Crippen LogP contribution in [0.25, 0.3) is 0 Å². The molecule has 0 spiro atoms. The van der Waals surface area contributed by atoms with E-state index in [1.54, 1.807) is 19.1 Å². The van der Waals surface area contributed by atoms with Gasteiger partial charge >= 0.3 is 0 Å². The van der Waals surface area contributed by atoms with Crippen molar-refractivity contribution in [3.63, 3.8) is 0 Å². The Kier molecular flexibility index (Phi) is 4.77. The molecular formula is C15H13BrF3NO. The predicted octanol–water partition coefficient (Wildman–Crippen LogP) is 5.05. The van der Waals surface area contributed by atoms with E-state index < -0.39 is 23.5 Å². The van der Waals surface area contributed by atoms with Crippen molar-refractivity contribution in [2.75, 3.05) is 12.4 Å². The summed E-state index contributed by atoms with van der Waals surface area (Å²) in [6, 6.07) is 5.90. The Morgan fingerprint density at radius 2 is 1.76 bits per heavy atom. The highest BCUT2D eigenvalue weighted by Gasteiger charge is 2.15. The first-order chi connectivity index (χ1) is 9.92. The van der Waals surface area contributed by atoms with Gasteiger partial charge in [-0.1, -0.05) is 6.07 Å². The topological polar surface area (TPSA) is 21.3 Å². The summed E-state index contributed by atoms with van der Waals surface area (Å²) in [5.74, 6) is -1.30. The molecule has 0 aliphatic heterocycles. The molecule has 0 saturated carbocycles. The highest BCUT2D eigenvalue weighted by Crippen LogP contribution is 2.28. The molecule has 0 aliphatic rings. The van der Waals surface area contributed by atoms with E-state index in [1.165, 1.54) is 13.2 Å². The van der Waals surface area contributed by atoms with Gasteiger partial charge in [-0.15, -0.1) is 0 Å². The van der Waals surface area contributed by atoms with Crippen LogP contribution in [0.5, 0.6) is 5.75 Å². The van der Waals surface area contributed by atoms with Crippen LogP contribution in [-0.4, -0.2) is 7.11 Å². The fraction of sp³-hybridized carbons (Fsp3) is 0.200. The Morgan fingerprint density at radius 1 is 1.05 bits per heavy atom. The van der Waals surface area contributed by atoms with Crippen molar-refractivity contribution < 1.29 is 17.9 Å². The van der Waals surface area contributed by atoms with E-state index in [0.717, 1.165) is 12.1 Å². The third-order valence-corrected chi connectivity index (χ3v) is 3.66. The van der Waals surface area contributed by atoms with E-state index in [-0.39, 0.29) is 10.2 Å². The average molecular weight is 360 g/mol. The molecule has 2 aromatic carbocycles. The van der Waals surface area contributed by atoms with Gasteiger partial charge in [0.05, 0.1) is 23.3 Å². The number of hydrogen-bond acceptors (Lipinski definition) is 2. The minimum atomic E-state index is -0.621. The third-order valence-electron chi connectivity index (χ3n) is 3.06. The zero-order valence-electron chi connectivity index (χ0n) is 11.4. The molecule has 2 nitrogen and oxygen atoms in total. The smallest absolute Gasteiger partial charge is 0.147 e. The normalized spacial score (nSPS) is 12.1. The minimum Gasteiger partial charge on any atom is -0.497 e. The molecular weight excluding hydrogens is 347 g/mol. The van der Waals surface area contributed by atoms with Crippen molar-refractivity contribution in [2.45, 2.75) is 13.0 Å². The van der Waals surface area contributed by atoms with Crippen LogP contribution in [-0.2, 0) is 0 Å². The number of benzene rings is 2. The maximum absolute atomic E-state index is 13.9. The second kappa shape index (κ2) is 6.39. The molecule has 0 heterocycles. The van der Waals surface area contributed by atoms with Crippen molar-refractivity contribution in [2.24, 2.45) is 0 Å². The fourth-order valence-electron chi connectivity index (χ4n) is 1.93. The van der Waals surface area contributed by atoms with Gasteiger partial charge in [-0.25, -0.2) is 13.2 Å². The maximum atomic E-state index is 13.9. The lowest BCUT2D eigenvalue weighted by Crippen LogP contribution is -2.10. The number of nitrogens with one attached hydrogen (secondary N) is 1. The van der Waals surface area contributed by atoms with Crippen LogP contribution in [0.1, 0.15) is 18.5 Å². The number of hydrogen-bond donors (Lipinski definition) is 1. The van der Waals surface area contributed by atoms with Crippen molar-refractivity contribution in [1.82, 2.24) is 0 Å². The zero-order chi connectivity index (χ0) is 15.6. The van der Waals surface area contributed by atoms with E-state index >= 15 is 0 Å². The third kappa shape index (κ3) is 3.50. The van der Waals surface area contributed by atoms with Gasteiger partial charge in [-0.3, -0.25) is 0 Å². The summed E-state index contributed by atoms with van der Waals surface area (Å²) in [5.41, 5.74) is 0.303. The summed E-state index contributed by atoms with van der Waals surface area (Å²) in [5, 5.41) is 2.76. The lowest BCUT2D eigenvalue weighted by atomic mass is 10.1. The molecule has 0 bridgehead atoms. The minimum absolute atomic E-state index is 0.0292. The zero-order valence-corrected chi connectivity index (χ0v) is 13.0. The van der Waals surface area contributed by atoms with Crippen LogP contribution in [0.15, 0.2) is 34.8 Å². The largest absolute Gasteiger partial charge is 0.497 e. The van der Waals surface area contributed by atoms with Crippen molar-refractivity contribution in [3.05, 3.63) is 57.8 Å². The summed E-state index contributed by atoms with van der Waals surface area (Å²) >= 11 is 2.90. The fourth-order valence-corrected chi connectivity index (χ4v) is 2.25. The van der Waals surface area contributed by atoms with Crippen LogP contribution >= 0.6 is 15.9 Å². The van der Waals surface area contributed by atoms with Crippen molar-refractivity contribution in [1.29, 1.82) is 0 Å². The molecule has 0 radical (unpaired) electrons. The Balaban J connectivity index is 2.26. The van der Waals surface area contributed by atoms with E-state index in [0.29, 0.717) is 11.3 Å². The van der Waals surface area contributed by atoms with E-state index in [1.807, 2.05) is 0 Å². The van der Waals surface area contributed by atoms with E-state index in [9.17, 15) is 13.2 Å². The average Bonchev–Trinajstić information content (AvgIpc) is 2.44. The Bertz CT molecular complexity index is 664. The summed E-state index contributed by atoms with van der Waals surface area (Å²) in [7, 11) is 1.44. The lowest BCUT2D eigenvalue weighted by molar-refractivity contribution is 0.410. The summed E-state index contributed by atoms with van der Waals surface area (Å²) < 4.78 is 46.1. The summed E-state index contributed by atoms with van der Waals surface area (Å²) in [4.78, 5) is 0. The Hall–Kier alpha value is -1.69.